The van der Waals surface area contributed by atoms with Crippen LogP contribution >= 0.6 is 36.6 Å². The van der Waals surface area contributed by atoms with Gasteiger partial charge in [0.15, 0.2) is 0 Å². The Hall–Kier alpha value is 0.320. The van der Waals surface area contributed by atoms with Gasteiger partial charge in [0.2, 0.25) is 5.91 Å². The Morgan fingerprint density at radius 3 is 2.43 bits per heavy atom. The van der Waals surface area contributed by atoms with Gasteiger partial charge in [-0.05, 0) is 19.3 Å². The van der Waals surface area contributed by atoms with E-state index in [9.17, 15) is 4.79 Å². The molecule has 4 nitrogen and oxygen atoms in total. The van der Waals surface area contributed by atoms with Crippen molar-refractivity contribution in [1.29, 1.82) is 0 Å². The van der Waals surface area contributed by atoms with Crippen LogP contribution in [0.5, 0.6) is 0 Å². The highest BCUT2D eigenvalue weighted by atomic mass is 35.5. The van der Waals surface area contributed by atoms with Gasteiger partial charge in [0.25, 0.3) is 0 Å². The monoisotopic (exact) mass is 355 g/mol. The molecule has 3 rings (SSSR count). The number of carbonyl (C=O) groups is 1. The van der Waals surface area contributed by atoms with Crippen molar-refractivity contribution >= 4 is 42.5 Å². The van der Waals surface area contributed by atoms with Crippen molar-refractivity contribution in [2.75, 3.05) is 37.8 Å². The lowest BCUT2D eigenvalue weighted by molar-refractivity contribution is -0.132. The molecule has 21 heavy (non-hydrogen) atoms. The highest BCUT2D eigenvalue weighted by Gasteiger charge is 2.30. The average Bonchev–Trinajstić information content (AvgIpc) is 3.08. The minimum Gasteiger partial charge on any atom is -0.340 e. The second kappa shape index (κ2) is 9.46. The minimum absolute atomic E-state index is 0. The first-order chi connectivity index (χ1) is 9.34. The zero-order valence-electron chi connectivity index (χ0n) is 12.5. The molecule has 0 radical (unpaired) electrons. The summed E-state index contributed by atoms with van der Waals surface area (Å²) in [6, 6.07) is 0.873. The van der Waals surface area contributed by atoms with Crippen LogP contribution in [0.4, 0.5) is 0 Å². The normalized spacial score (nSPS) is 27.8. The van der Waals surface area contributed by atoms with Gasteiger partial charge in [0.05, 0.1) is 6.04 Å². The van der Waals surface area contributed by atoms with E-state index in [0.717, 1.165) is 43.7 Å². The smallest absolute Gasteiger partial charge is 0.240 e. The number of nitrogens with one attached hydrogen (secondary N) is 1. The highest BCUT2D eigenvalue weighted by molar-refractivity contribution is 7.99. The van der Waals surface area contributed by atoms with Crippen LogP contribution in [0, 0.1) is 0 Å². The molecular formula is C14H27Cl2N3OS. The Balaban J connectivity index is 0.00000110. The van der Waals surface area contributed by atoms with Crippen molar-refractivity contribution in [2.24, 2.45) is 0 Å². The van der Waals surface area contributed by atoms with E-state index in [1.165, 1.54) is 32.2 Å². The Kier molecular flexibility index (Phi) is 8.72. The summed E-state index contributed by atoms with van der Waals surface area (Å²) in [7, 11) is 0. The Bertz CT molecular complexity index is 323. The lowest BCUT2D eigenvalue weighted by Gasteiger charge is -2.27. The largest absolute Gasteiger partial charge is 0.340 e. The summed E-state index contributed by atoms with van der Waals surface area (Å²) in [6.45, 7) is 4.14. The minimum atomic E-state index is 0. The number of nitrogens with zero attached hydrogens (tertiary/aromatic N) is 2. The molecule has 0 aromatic carbocycles. The molecule has 124 valence electrons. The molecule has 0 aromatic heterocycles. The molecule has 1 aliphatic carbocycles. The van der Waals surface area contributed by atoms with Gasteiger partial charge in [-0.15, -0.1) is 36.6 Å². The van der Waals surface area contributed by atoms with Crippen LogP contribution in [-0.2, 0) is 4.79 Å². The number of hydrogen-bond donors (Lipinski definition) is 1. The molecule has 7 heteroatoms. The van der Waals surface area contributed by atoms with E-state index in [1.54, 1.807) is 0 Å². The summed E-state index contributed by atoms with van der Waals surface area (Å²) < 4.78 is 0. The first-order valence-corrected chi connectivity index (χ1v) is 8.84. The van der Waals surface area contributed by atoms with Crippen molar-refractivity contribution < 1.29 is 4.79 Å². The lowest BCUT2D eigenvalue weighted by Crippen LogP contribution is -2.46. The molecule has 3 aliphatic rings. The van der Waals surface area contributed by atoms with E-state index < -0.39 is 0 Å². The van der Waals surface area contributed by atoms with Crippen molar-refractivity contribution in [3.8, 4) is 0 Å². The molecule has 3 fully saturated rings. The van der Waals surface area contributed by atoms with Gasteiger partial charge in [-0.25, -0.2) is 0 Å². The van der Waals surface area contributed by atoms with E-state index in [4.69, 9.17) is 0 Å². The predicted molar refractivity (Wildman–Crippen MR) is 93.8 cm³/mol. The van der Waals surface area contributed by atoms with Gasteiger partial charge in [0.1, 0.15) is 0 Å². The second-order valence-electron chi connectivity index (χ2n) is 5.92. The number of rotatable bonds is 2. The number of thioether (sulfide) groups is 1. The third-order valence-electron chi connectivity index (χ3n) is 4.70. The van der Waals surface area contributed by atoms with Crippen LogP contribution in [-0.4, -0.2) is 65.6 Å². The van der Waals surface area contributed by atoms with Crippen LogP contribution in [0.3, 0.4) is 0 Å². The summed E-state index contributed by atoms with van der Waals surface area (Å²) >= 11 is 1.83. The zero-order chi connectivity index (χ0) is 13.1. The number of carbonyl (C=O) groups excluding carboxylic acids is 1. The average molecular weight is 356 g/mol. The summed E-state index contributed by atoms with van der Waals surface area (Å²) in [5, 5.41) is 3.30. The molecule has 1 N–H and O–H groups in total. The Morgan fingerprint density at radius 1 is 1.00 bits per heavy atom. The molecule has 2 heterocycles. The van der Waals surface area contributed by atoms with E-state index in [0.29, 0.717) is 5.91 Å². The highest BCUT2D eigenvalue weighted by Crippen LogP contribution is 2.24. The Labute approximate surface area is 144 Å². The summed E-state index contributed by atoms with van der Waals surface area (Å²) in [5.74, 6) is 2.21. The summed E-state index contributed by atoms with van der Waals surface area (Å²) in [6.07, 6.45) is 6.67. The van der Waals surface area contributed by atoms with E-state index in [2.05, 4.69) is 15.1 Å². The number of halogens is 2. The summed E-state index contributed by atoms with van der Waals surface area (Å²) in [5.41, 5.74) is 0. The molecule has 0 bridgehead atoms. The van der Waals surface area contributed by atoms with Gasteiger partial charge in [-0.1, -0.05) is 12.8 Å². The van der Waals surface area contributed by atoms with E-state index in [1.807, 2.05) is 11.8 Å². The maximum absolute atomic E-state index is 12.4. The predicted octanol–water partition coefficient (Wildman–Crippen LogP) is 1.97. The van der Waals surface area contributed by atoms with Crippen molar-refractivity contribution in [1.82, 2.24) is 15.1 Å². The molecule has 0 spiro atoms. The fraction of sp³-hybridized carbons (Fsp3) is 0.929. The van der Waals surface area contributed by atoms with Crippen molar-refractivity contribution in [3.63, 3.8) is 0 Å². The molecule has 1 amide bonds. The van der Waals surface area contributed by atoms with Crippen molar-refractivity contribution in [2.45, 2.75) is 44.2 Å². The molecular weight excluding hydrogens is 329 g/mol. The fourth-order valence-corrected chi connectivity index (χ4v) is 4.50. The molecule has 2 saturated heterocycles. The molecule has 2 aliphatic heterocycles. The van der Waals surface area contributed by atoms with Crippen LogP contribution in [0.2, 0.25) is 0 Å². The first kappa shape index (κ1) is 19.4. The molecule has 1 atom stereocenters. The van der Waals surface area contributed by atoms with Crippen LogP contribution in [0.1, 0.15) is 32.1 Å². The quantitative estimate of drug-likeness (QED) is 0.821. The van der Waals surface area contributed by atoms with Gasteiger partial charge in [0, 0.05) is 43.9 Å². The Morgan fingerprint density at radius 2 is 1.76 bits per heavy atom. The molecule has 0 aromatic rings. The van der Waals surface area contributed by atoms with Crippen LogP contribution < -0.4 is 5.32 Å². The second-order valence-corrected chi connectivity index (χ2v) is 6.96. The maximum Gasteiger partial charge on any atom is 0.240 e. The first-order valence-electron chi connectivity index (χ1n) is 7.68. The van der Waals surface area contributed by atoms with Gasteiger partial charge >= 0.3 is 0 Å². The SMILES string of the molecule is Cl.Cl.O=C(C1CSCN1)N1CCCN(C2CCCC2)CC1. The summed E-state index contributed by atoms with van der Waals surface area (Å²) in [4.78, 5) is 17.1. The van der Waals surface area contributed by atoms with Crippen molar-refractivity contribution in [3.05, 3.63) is 0 Å². The fourth-order valence-electron chi connectivity index (χ4n) is 3.57. The van der Waals surface area contributed by atoms with E-state index >= 15 is 0 Å². The third-order valence-corrected chi connectivity index (χ3v) is 5.64. The topological polar surface area (TPSA) is 35.6 Å². The van der Waals surface area contributed by atoms with Gasteiger partial charge in [-0.3, -0.25) is 15.0 Å². The maximum atomic E-state index is 12.4. The van der Waals surface area contributed by atoms with Gasteiger partial charge < -0.3 is 4.90 Å². The van der Waals surface area contributed by atoms with E-state index in [-0.39, 0.29) is 30.9 Å². The van der Waals surface area contributed by atoms with Crippen LogP contribution in [0.15, 0.2) is 0 Å². The lowest BCUT2D eigenvalue weighted by atomic mass is 10.2. The molecule has 1 unspecified atom stereocenters. The number of amides is 1. The number of hydrogen-bond acceptors (Lipinski definition) is 4. The van der Waals surface area contributed by atoms with Crippen LogP contribution in [0.25, 0.3) is 0 Å². The van der Waals surface area contributed by atoms with Gasteiger partial charge in [-0.2, -0.15) is 0 Å². The zero-order valence-corrected chi connectivity index (χ0v) is 14.9. The molecule has 1 saturated carbocycles. The third kappa shape index (κ3) is 4.90. The standard InChI is InChI=1S/C14H25N3OS.2ClH/c18-14(13-10-19-11-15-13)17-7-3-6-16(8-9-17)12-4-1-2-5-12;;/h12-13,15H,1-11H2;2*1H.